The predicted molar refractivity (Wildman–Crippen MR) is 274 cm³/mol. The molecule has 0 saturated carbocycles. The van der Waals surface area contributed by atoms with Gasteiger partial charge in [-0.25, -0.2) is 0 Å². The van der Waals surface area contributed by atoms with Gasteiger partial charge in [-0.1, -0.05) is 172 Å². The molecule has 0 fully saturated rings. The van der Waals surface area contributed by atoms with E-state index in [1.54, 1.807) is 0 Å². The lowest BCUT2D eigenvalue weighted by atomic mass is 9.43. The van der Waals surface area contributed by atoms with Crippen LogP contribution < -0.4 is 25.4 Å². The second-order valence-electron chi connectivity index (χ2n) is 21.4. The lowest BCUT2D eigenvalue weighted by Crippen LogP contribution is -2.62. The highest BCUT2D eigenvalue weighted by atomic mass is 16.5. The average Bonchev–Trinajstić information content (AvgIpc) is 3.66. The summed E-state index contributed by atoms with van der Waals surface area (Å²) < 4.78 is 13.9. The zero-order chi connectivity index (χ0) is 44.7. The molecule has 3 aliphatic rings. The minimum Gasteiger partial charge on any atom is -0.456 e. The Kier molecular flexibility index (Phi) is 8.39. The third kappa shape index (κ3) is 6.12. The van der Waals surface area contributed by atoms with Gasteiger partial charge in [-0.2, -0.15) is 0 Å². The number of rotatable bonds is 3. The smallest absolute Gasteiger partial charge is 0.333 e. The number of furan rings is 1. The molecule has 4 nitrogen and oxygen atoms in total. The van der Waals surface area contributed by atoms with Gasteiger partial charge in [0.05, 0.1) is 11.4 Å². The molecule has 8 aromatic carbocycles. The summed E-state index contributed by atoms with van der Waals surface area (Å²) in [6.07, 6.45) is 0. The molecule has 9 aromatic rings. The quantitative estimate of drug-likeness (QED) is 0.166. The molecule has 4 heterocycles. The Morgan fingerprint density at radius 3 is 1.80 bits per heavy atom. The topological polar surface area (TPSA) is 28.9 Å². The van der Waals surface area contributed by atoms with Crippen LogP contribution in [0, 0.1) is 0 Å². The molecular formula is C60H53BN2O2. The van der Waals surface area contributed by atoms with Crippen molar-refractivity contribution in [2.75, 3.05) is 9.71 Å². The van der Waals surface area contributed by atoms with Crippen molar-refractivity contribution in [2.24, 2.45) is 0 Å². The second kappa shape index (κ2) is 13.8. The molecule has 0 radical (unpaired) electrons. The number of nitrogens with zero attached hydrogens (tertiary/aromatic N) is 2. The first kappa shape index (κ1) is 39.6. The van der Waals surface area contributed by atoms with Crippen LogP contribution in [0.1, 0.15) is 79.0 Å². The Morgan fingerprint density at radius 1 is 0.462 bits per heavy atom. The highest BCUT2D eigenvalue weighted by Gasteiger charge is 2.49. The lowest BCUT2D eigenvalue weighted by Gasteiger charge is -2.48. The molecule has 0 saturated heterocycles. The molecule has 0 amide bonds. The number of para-hydroxylation sites is 1. The first-order valence-electron chi connectivity index (χ1n) is 23.1. The zero-order valence-corrected chi connectivity index (χ0v) is 38.8. The van der Waals surface area contributed by atoms with Gasteiger partial charge >= 0.3 is 6.85 Å². The van der Waals surface area contributed by atoms with Crippen molar-refractivity contribution in [3.05, 3.63) is 174 Å². The van der Waals surface area contributed by atoms with Gasteiger partial charge in [0.25, 0.3) is 0 Å². The van der Waals surface area contributed by atoms with Crippen LogP contribution in [0.15, 0.2) is 162 Å². The van der Waals surface area contributed by atoms with E-state index in [4.69, 9.17) is 9.15 Å². The zero-order valence-electron chi connectivity index (χ0n) is 38.8. The predicted octanol–water partition coefficient (Wildman–Crippen LogP) is 15.6. The fourth-order valence-electron chi connectivity index (χ4n) is 10.5. The summed E-state index contributed by atoms with van der Waals surface area (Å²) in [4.78, 5) is 5.16. The number of benzene rings is 8. The minimum atomic E-state index is -0.159. The molecule has 0 unspecified atom stereocenters. The van der Waals surface area contributed by atoms with Crippen molar-refractivity contribution in [1.82, 2.24) is 0 Å². The molecule has 318 valence electrons. The van der Waals surface area contributed by atoms with Crippen molar-refractivity contribution in [1.29, 1.82) is 0 Å². The van der Waals surface area contributed by atoms with Crippen LogP contribution in [-0.2, 0) is 16.2 Å². The van der Waals surface area contributed by atoms with Gasteiger partial charge in [0.2, 0.25) is 0 Å². The summed E-state index contributed by atoms with van der Waals surface area (Å²) in [6.45, 7) is 20.5. The molecule has 3 aliphatic heterocycles. The highest BCUT2D eigenvalue weighted by molar-refractivity contribution is 6.94. The average molecular weight is 845 g/mol. The molecule has 0 bridgehead atoms. The van der Waals surface area contributed by atoms with E-state index >= 15 is 0 Å². The highest BCUT2D eigenvalue weighted by Crippen LogP contribution is 2.59. The minimum absolute atomic E-state index is 0.0184. The summed E-state index contributed by atoms with van der Waals surface area (Å²) in [5, 5.41) is 2.23. The first-order chi connectivity index (χ1) is 31.1. The van der Waals surface area contributed by atoms with Gasteiger partial charge in [0, 0.05) is 39.5 Å². The van der Waals surface area contributed by atoms with Crippen molar-refractivity contribution >= 4 is 68.1 Å². The largest absolute Gasteiger partial charge is 0.456 e. The molecule has 0 spiro atoms. The molecule has 5 heteroatoms. The van der Waals surface area contributed by atoms with E-state index in [0.29, 0.717) is 0 Å². The Morgan fingerprint density at radius 2 is 1.09 bits per heavy atom. The van der Waals surface area contributed by atoms with E-state index in [-0.39, 0.29) is 23.1 Å². The van der Waals surface area contributed by atoms with E-state index < -0.39 is 0 Å². The molecule has 0 atom stereocenters. The van der Waals surface area contributed by atoms with Crippen LogP contribution in [-0.4, -0.2) is 6.85 Å². The van der Waals surface area contributed by atoms with Crippen molar-refractivity contribution in [3.8, 4) is 44.9 Å². The summed E-state index contributed by atoms with van der Waals surface area (Å²) >= 11 is 0. The SMILES string of the molecule is CC(C)(C)c1ccc(N2c3cc(-c4ccc(-c5ccccc5)cc4)ccc3B3c4c(cc(C(C)(C)C)cc42)-c2c4c(cc5oc6ccccc6c25)Oc2cc(C(C)(C)C)ccc2N34)cc1. The van der Waals surface area contributed by atoms with Crippen LogP contribution in [0.2, 0.25) is 0 Å². The van der Waals surface area contributed by atoms with Gasteiger partial charge in [-0.3, -0.25) is 0 Å². The van der Waals surface area contributed by atoms with Gasteiger partial charge in [0.15, 0.2) is 5.75 Å². The number of fused-ring (bicyclic) bond motifs is 10. The van der Waals surface area contributed by atoms with E-state index in [0.717, 1.165) is 56.1 Å². The first-order valence-corrected chi connectivity index (χ1v) is 23.1. The third-order valence-electron chi connectivity index (χ3n) is 14.1. The maximum Gasteiger partial charge on any atom is 0.333 e. The standard InChI is InChI=1S/C60H53BN2O2/c1-58(2,3)40-24-27-43(28-25-40)62-48-31-39(38-21-19-37(20-22-38)36-15-11-10-12-16-36)23-29-46(48)61-56-45(32-42(33-49(56)62)60(7,8)9)55-54-44-17-13-14-18-50(44)64-52(54)35-53-57(55)63(61)47-30-26-41(59(4,5)6)34-51(47)65-53/h10-35H,1-9H3. The van der Waals surface area contributed by atoms with Gasteiger partial charge in [0.1, 0.15) is 16.9 Å². The fraction of sp³-hybridized carbons (Fsp3) is 0.200. The van der Waals surface area contributed by atoms with Crippen LogP contribution in [0.5, 0.6) is 11.5 Å². The van der Waals surface area contributed by atoms with Gasteiger partial charge in [-0.15, -0.1) is 0 Å². The summed E-state index contributed by atoms with van der Waals surface area (Å²) in [7, 11) is 0. The van der Waals surface area contributed by atoms with Crippen molar-refractivity contribution in [2.45, 2.75) is 78.6 Å². The van der Waals surface area contributed by atoms with Crippen molar-refractivity contribution in [3.63, 3.8) is 0 Å². The van der Waals surface area contributed by atoms with Crippen LogP contribution in [0.25, 0.3) is 55.3 Å². The number of hydrogen-bond donors (Lipinski definition) is 0. The van der Waals surface area contributed by atoms with E-state index in [1.165, 1.54) is 66.8 Å². The Bertz CT molecular complexity index is 3400. The molecule has 0 aliphatic carbocycles. The Labute approximate surface area is 383 Å². The monoisotopic (exact) mass is 844 g/mol. The molecule has 12 rings (SSSR count). The summed E-state index contributed by atoms with van der Waals surface area (Å²) in [5.41, 5.74) is 20.7. The Balaban J connectivity index is 1.18. The van der Waals surface area contributed by atoms with Crippen molar-refractivity contribution < 1.29 is 9.15 Å². The molecule has 1 aromatic heterocycles. The molecule has 65 heavy (non-hydrogen) atoms. The van der Waals surface area contributed by atoms with E-state index in [1.807, 2.05) is 0 Å². The summed E-state index contributed by atoms with van der Waals surface area (Å²) in [6, 6.07) is 58.6. The summed E-state index contributed by atoms with van der Waals surface area (Å²) in [5.74, 6) is 1.68. The number of anilines is 5. The van der Waals surface area contributed by atoms with Crippen LogP contribution in [0.3, 0.4) is 0 Å². The van der Waals surface area contributed by atoms with E-state index in [2.05, 4.69) is 230 Å². The molecule has 0 N–H and O–H groups in total. The van der Waals surface area contributed by atoms with Crippen LogP contribution in [0.4, 0.5) is 28.4 Å². The third-order valence-corrected chi connectivity index (χ3v) is 14.1. The maximum atomic E-state index is 7.14. The van der Waals surface area contributed by atoms with Gasteiger partial charge in [-0.05, 0) is 114 Å². The maximum absolute atomic E-state index is 7.14. The normalized spacial score (nSPS) is 14.0. The fourth-order valence-corrected chi connectivity index (χ4v) is 10.5. The molecular weight excluding hydrogens is 791 g/mol. The number of ether oxygens (including phenoxy) is 1. The van der Waals surface area contributed by atoms with E-state index in [9.17, 15) is 0 Å². The lowest BCUT2D eigenvalue weighted by molar-refractivity contribution is 0.474. The second-order valence-corrected chi connectivity index (χ2v) is 21.4. The number of hydrogen-bond acceptors (Lipinski definition) is 4. The Hall–Kier alpha value is -6.98. The van der Waals surface area contributed by atoms with Crippen LogP contribution >= 0.6 is 0 Å². The van der Waals surface area contributed by atoms with Gasteiger partial charge < -0.3 is 18.9 Å².